The molecule has 1 amide bonds. The monoisotopic (exact) mass is 425 g/mol. The van der Waals surface area contributed by atoms with Gasteiger partial charge in [-0.2, -0.15) is 10.2 Å². The summed E-state index contributed by atoms with van der Waals surface area (Å²) in [5, 5.41) is 21.9. The van der Waals surface area contributed by atoms with Crippen LogP contribution in [0, 0.1) is 10.1 Å². The summed E-state index contributed by atoms with van der Waals surface area (Å²) in [5.74, 6) is -0.463. The zero-order valence-electron chi connectivity index (χ0n) is 17.1. The molecule has 0 aliphatic carbocycles. The van der Waals surface area contributed by atoms with Crippen LogP contribution in [-0.2, 0) is 0 Å². The number of H-pyrrole nitrogens is 1. The number of nitrogens with zero attached hydrogens (tertiary/aromatic N) is 3. The number of amides is 1. The standard InChI is InChI=1S/C24H19N5O3/c1-16(20-8-5-9-21(14-20)29(31)32)25-28-24(30)23-15-22(26-27-23)19-12-10-18(11-13-19)17-6-3-2-4-7-17/h2-15H,1H3,(H,26,27)(H,28,30)/b25-16+. The molecule has 0 fully saturated rings. The first-order valence-corrected chi connectivity index (χ1v) is 9.82. The molecular formula is C24H19N5O3. The van der Waals surface area contributed by atoms with Crippen molar-refractivity contribution in [3.8, 4) is 22.4 Å². The largest absolute Gasteiger partial charge is 0.289 e. The van der Waals surface area contributed by atoms with E-state index >= 15 is 0 Å². The second-order valence-corrected chi connectivity index (χ2v) is 7.06. The minimum absolute atomic E-state index is 0.0418. The molecule has 8 nitrogen and oxygen atoms in total. The van der Waals surface area contributed by atoms with Crippen molar-refractivity contribution in [3.05, 3.63) is 106 Å². The lowest BCUT2D eigenvalue weighted by molar-refractivity contribution is -0.384. The smallest absolute Gasteiger partial charge is 0.272 e. The van der Waals surface area contributed by atoms with E-state index in [1.165, 1.54) is 12.1 Å². The Hall–Kier alpha value is -4.59. The summed E-state index contributed by atoms with van der Waals surface area (Å²) in [6.45, 7) is 1.66. The Labute approximate surface area is 183 Å². The van der Waals surface area contributed by atoms with Crippen molar-refractivity contribution in [2.24, 2.45) is 5.10 Å². The van der Waals surface area contributed by atoms with E-state index in [0.29, 0.717) is 17.0 Å². The van der Waals surface area contributed by atoms with Crippen molar-refractivity contribution in [3.63, 3.8) is 0 Å². The van der Waals surface area contributed by atoms with Gasteiger partial charge in [-0.25, -0.2) is 5.43 Å². The Bertz CT molecular complexity index is 1290. The average molecular weight is 425 g/mol. The van der Waals surface area contributed by atoms with E-state index in [9.17, 15) is 14.9 Å². The Morgan fingerprint density at radius 3 is 2.34 bits per heavy atom. The van der Waals surface area contributed by atoms with Crippen LogP contribution in [0.2, 0.25) is 0 Å². The van der Waals surface area contributed by atoms with Crippen LogP contribution in [0.25, 0.3) is 22.4 Å². The topological polar surface area (TPSA) is 113 Å². The third-order valence-electron chi connectivity index (χ3n) is 4.91. The number of carbonyl (C=O) groups is 1. The summed E-state index contributed by atoms with van der Waals surface area (Å²) in [4.78, 5) is 22.9. The van der Waals surface area contributed by atoms with E-state index in [1.54, 1.807) is 25.1 Å². The van der Waals surface area contributed by atoms with Crippen molar-refractivity contribution in [1.29, 1.82) is 0 Å². The molecule has 0 saturated heterocycles. The molecule has 1 heterocycles. The van der Waals surface area contributed by atoms with E-state index in [1.807, 2.05) is 54.6 Å². The number of benzene rings is 3. The van der Waals surface area contributed by atoms with Gasteiger partial charge in [-0.15, -0.1) is 0 Å². The number of non-ortho nitro benzene ring substituents is 1. The fraction of sp³-hybridized carbons (Fsp3) is 0.0417. The zero-order chi connectivity index (χ0) is 22.5. The van der Waals surface area contributed by atoms with Crippen LogP contribution >= 0.6 is 0 Å². The van der Waals surface area contributed by atoms with Crippen LogP contribution in [0.4, 0.5) is 5.69 Å². The molecule has 8 heteroatoms. The van der Waals surface area contributed by atoms with E-state index < -0.39 is 10.8 Å². The van der Waals surface area contributed by atoms with Gasteiger partial charge in [0.05, 0.1) is 16.3 Å². The molecule has 3 aromatic carbocycles. The molecule has 2 N–H and O–H groups in total. The Morgan fingerprint density at radius 2 is 1.62 bits per heavy atom. The number of hydrazone groups is 1. The van der Waals surface area contributed by atoms with Crippen molar-refractivity contribution >= 4 is 17.3 Å². The van der Waals surface area contributed by atoms with Crippen LogP contribution < -0.4 is 5.43 Å². The molecule has 4 rings (SSSR count). The normalized spacial score (nSPS) is 11.2. The van der Waals surface area contributed by atoms with Crippen molar-refractivity contribution in [1.82, 2.24) is 15.6 Å². The third kappa shape index (κ3) is 4.59. The van der Waals surface area contributed by atoms with E-state index in [-0.39, 0.29) is 11.4 Å². The van der Waals surface area contributed by atoms with Crippen LogP contribution in [0.15, 0.2) is 90.0 Å². The molecule has 4 aromatic rings. The highest BCUT2D eigenvalue weighted by Gasteiger charge is 2.12. The molecule has 0 radical (unpaired) electrons. The highest BCUT2D eigenvalue weighted by atomic mass is 16.6. The van der Waals surface area contributed by atoms with E-state index in [0.717, 1.165) is 16.7 Å². The third-order valence-corrected chi connectivity index (χ3v) is 4.91. The molecular weight excluding hydrogens is 406 g/mol. The van der Waals surface area contributed by atoms with E-state index in [4.69, 9.17) is 0 Å². The first-order valence-electron chi connectivity index (χ1n) is 9.82. The van der Waals surface area contributed by atoms with Crippen molar-refractivity contribution in [2.45, 2.75) is 6.92 Å². The predicted octanol–water partition coefficient (Wildman–Crippen LogP) is 4.81. The van der Waals surface area contributed by atoms with Gasteiger partial charge < -0.3 is 0 Å². The van der Waals surface area contributed by atoms with Gasteiger partial charge in [0.1, 0.15) is 5.69 Å². The Kier molecular flexibility index (Phi) is 5.85. The van der Waals surface area contributed by atoms with Gasteiger partial charge in [-0.1, -0.05) is 66.7 Å². The fourth-order valence-electron chi connectivity index (χ4n) is 3.15. The molecule has 0 unspecified atom stereocenters. The van der Waals surface area contributed by atoms with Crippen LogP contribution in [-0.4, -0.2) is 26.7 Å². The summed E-state index contributed by atoms with van der Waals surface area (Å²) < 4.78 is 0. The number of nitro benzene ring substituents is 1. The van der Waals surface area contributed by atoms with Gasteiger partial charge in [0.25, 0.3) is 11.6 Å². The number of aromatic amines is 1. The summed E-state index contributed by atoms with van der Waals surface area (Å²) in [6.07, 6.45) is 0. The fourth-order valence-corrected chi connectivity index (χ4v) is 3.15. The minimum atomic E-state index is -0.478. The maximum absolute atomic E-state index is 12.4. The van der Waals surface area contributed by atoms with Gasteiger partial charge in [-0.3, -0.25) is 20.0 Å². The molecule has 1 aromatic heterocycles. The van der Waals surface area contributed by atoms with Crippen LogP contribution in [0.1, 0.15) is 23.0 Å². The number of hydrogen-bond donors (Lipinski definition) is 2. The lowest BCUT2D eigenvalue weighted by atomic mass is 10.0. The van der Waals surface area contributed by atoms with Gasteiger partial charge in [0, 0.05) is 23.3 Å². The second kappa shape index (κ2) is 9.05. The van der Waals surface area contributed by atoms with E-state index in [2.05, 4.69) is 20.7 Å². The average Bonchev–Trinajstić information content (AvgIpc) is 3.33. The minimum Gasteiger partial charge on any atom is -0.272 e. The maximum atomic E-state index is 12.4. The molecule has 0 aliphatic rings. The van der Waals surface area contributed by atoms with Crippen molar-refractivity contribution < 1.29 is 9.72 Å². The van der Waals surface area contributed by atoms with Crippen LogP contribution in [0.3, 0.4) is 0 Å². The first-order chi connectivity index (χ1) is 15.5. The Balaban J connectivity index is 1.45. The lowest BCUT2D eigenvalue weighted by Gasteiger charge is -2.02. The lowest BCUT2D eigenvalue weighted by Crippen LogP contribution is -2.19. The summed E-state index contributed by atoms with van der Waals surface area (Å²) in [6, 6.07) is 25.7. The molecule has 0 saturated carbocycles. The Morgan fingerprint density at radius 1 is 0.938 bits per heavy atom. The number of nitrogens with one attached hydrogen (secondary N) is 2. The number of rotatable bonds is 6. The highest BCUT2D eigenvalue weighted by Crippen LogP contribution is 2.24. The maximum Gasteiger partial charge on any atom is 0.289 e. The molecule has 0 aliphatic heterocycles. The summed E-state index contributed by atoms with van der Waals surface area (Å²) >= 11 is 0. The van der Waals surface area contributed by atoms with Gasteiger partial charge in [-0.05, 0) is 24.1 Å². The molecule has 32 heavy (non-hydrogen) atoms. The van der Waals surface area contributed by atoms with Crippen LogP contribution in [0.5, 0.6) is 0 Å². The molecule has 0 bridgehead atoms. The quantitative estimate of drug-likeness (QED) is 0.262. The highest BCUT2D eigenvalue weighted by molar-refractivity contribution is 6.01. The number of nitro groups is 1. The second-order valence-electron chi connectivity index (χ2n) is 7.06. The molecule has 158 valence electrons. The predicted molar refractivity (Wildman–Crippen MR) is 122 cm³/mol. The summed E-state index contributed by atoms with van der Waals surface area (Å²) in [7, 11) is 0. The summed E-state index contributed by atoms with van der Waals surface area (Å²) in [5.41, 5.74) is 7.37. The molecule has 0 spiro atoms. The van der Waals surface area contributed by atoms with Crippen molar-refractivity contribution in [2.75, 3.05) is 0 Å². The number of aromatic nitrogens is 2. The SMILES string of the molecule is C/C(=N\NC(=O)c1cc(-c2ccc(-c3ccccc3)cc2)n[nH]1)c1cccc([N+](=O)[O-])c1. The first kappa shape index (κ1) is 20.7. The zero-order valence-corrected chi connectivity index (χ0v) is 17.1. The van der Waals surface area contributed by atoms with Gasteiger partial charge in [0.15, 0.2) is 0 Å². The number of hydrogen-bond acceptors (Lipinski definition) is 5. The van der Waals surface area contributed by atoms with Gasteiger partial charge >= 0.3 is 0 Å². The van der Waals surface area contributed by atoms with Gasteiger partial charge in [0.2, 0.25) is 0 Å². The number of carbonyl (C=O) groups excluding carboxylic acids is 1. The molecule has 0 atom stereocenters.